The predicted octanol–water partition coefficient (Wildman–Crippen LogP) is 2.43. The van der Waals surface area contributed by atoms with E-state index in [1.807, 2.05) is 5.32 Å². The van der Waals surface area contributed by atoms with Crippen LogP contribution in [-0.2, 0) is 0 Å². The number of amides is 2. The van der Waals surface area contributed by atoms with Crippen LogP contribution in [0.25, 0.3) is 0 Å². The first-order chi connectivity index (χ1) is 7.37. The van der Waals surface area contributed by atoms with Crippen molar-refractivity contribution in [1.82, 2.24) is 10.6 Å². The van der Waals surface area contributed by atoms with E-state index in [4.69, 9.17) is 0 Å². The lowest BCUT2D eigenvalue weighted by Crippen LogP contribution is -2.46. The van der Waals surface area contributed by atoms with Gasteiger partial charge in [0.25, 0.3) is 0 Å². The molecule has 94 valence electrons. The van der Waals surface area contributed by atoms with Crippen molar-refractivity contribution in [3.05, 3.63) is 0 Å². The molecule has 0 saturated heterocycles. The molecule has 1 fully saturated rings. The number of hydrogen-bond acceptors (Lipinski definition) is 1. The summed E-state index contributed by atoms with van der Waals surface area (Å²) in [6.07, 6.45) is -0.506. The van der Waals surface area contributed by atoms with Crippen molar-refractivity contribution in [2.24, 2.45) is 5.92 Å². The summed E-state index contributed by atoms with van der Waals surface area (Å²) in [4.78, 5) is 11.1. The first-order valence-corrected chi connectivity index (χ1v) is 5.48. The second kappa shape index (κ2) is 5.41. The molecule has 0 aromatic heterocycles. The zero-order valence-electron chi connectivity index (χ0n) is 9.23. The lowest BCUT2D eigenvalue weighted by atomic mass is 9.87. The molecule has 0 radical (unpaired) electrons. The lowest BCUT2D eigenvalue weighted by Gasteiger charge is -2.27. The molecule has 2 atom stereocenters. The monoisotopic (exact) mass is 238 g/mol. The molecule has 0 aromatic rings. The van der Waals surface area contributed by atoms with Gasteiger partial charge in [-0.3, -0.25) is 0 Å². The topological polar surface area (TPSA) is 41.1 Å². The summed E-state index contributed by atoms with van der Waals surface area (Å²) in [6, 6.07) is -0.714. The van der Waals surface area contributed by atoms with E-state index in [1.54, 1.807) is 0 Å². The van der Waals surface area contributed by atoms with Crippen LogP contribution in [0.4, 0.5) is 18.0 Å². The number of nitrogens with one attached hydrogen (secondary N) is 2. The predicted molar refractivity (Wildman–Crippen MR) is 54.0 cm³/mol. The van der Waals surface area contributed by atoms with Crippen molar-refractivity contribution in [3.63, 3.8) is 0 Å². The van der Waals surface area contributed by atoms with Gasteiger partial charge in [0.15, 0.2) is 0 Å². The average molecular weight is 238 g/mol. The Morgan fingerprint density at radius 1 is 1.38 bits per heavy atom. The zero-order chi connectivity index (χ0) is 12.2. The Hall–Kier alpha value is -0.940. The molecule has 2 unspecified atom stereocenters. The fraction of sp³-hybridized carbons (Fsp3) is 0.900. The summed E-state index contributed by atoms with van der Waals surface area (Å²) in [7, 11) is 0. The number of alkyl halides is 3. The highest BCUT2D eigenvalue weighted by atomic mass is 19.4. The Morgan fingerprint density at radius 3 is 2.62 bits per heavy atom. The molecule has 6 heteroatoms. The van der Waals surface area contributed by atoms with E-state index in [1.165, 1.54) is 0 Å². The number of urea groups is 1. The molecule has 0 aromatic carbocycles. The fourth-order valence-electron chi connectivity index (χ4n) is 1.98. The minimum atomic E-state index is -4.35. The van der Waals surface area contributed by atoms with Gasteiger partial charge in [0, 0.05) is 6.04 Å². The largest absolute Gasteiger partial charge is 0.405 e. The smallest absolute Gasteiger partial charge is 0.335 e. The van der Waals surface area contributed by atoms with Crippen LogP contribution in [0.15, 0.2) is 0 Å². The molecule has 1 saturated carbocycles. The Kier molecular flexibility index (Phi) is 4.44. The van der Waals surface area contributed by atoms with Crippen LogP contribution in [0, 0.1) is 5.92 Å². The van der Waals surface area contributed by atoms with Crippen LogP contribution >= 0.6 is 0 Å². The van der Waals surface area contributed by atoms with E-state index >= 15 is 0 Å². The maximum atomic E-state index is 11.8. The van der Waals surface area contributed by atoms with Gasteiger partial charge < -0.3 is 10.6 Å². The Balaban J connectivity index is 2.23. The molecule has 2 N–H and O–H groups in total. The van der Waals surface area contributed by atoms with Crippen LogP contribution in [-0.4, -0.2) is 24.8 Å². The zero-order valence-corrected chi connectivity index (χ0v) is 9.23. The molecule has 0 heterocycles. The number of carbonyl (C=O) groups excluding carboxylic acids is 1. The molecule has 1 aliphatic carbocycles. The van der Waals surface area contributed by atoms with Crippen molar-refractivity contribution < 1.29 is 18.0 Å². The van der Waals surface area contributed by atoms with Gasteiger partial charge in [-0.1, -0.05) is 19.8 Å². The summed E-state index contributed by atoms with van der Waals surface area (Å²) in [5.41, 5.74) is 0. The molecule has 0 spiro atoms. The highest BCUT2D eigenvalue weighted by Gasteiger charge is 2.28. The van der Waals surface area contributed by atoms with Crippen LogP contribution in [0.3, 0.4) is 0 Å². The highest BCUT2D eigenvalue weighted by molar-refractivity contribution is 5.74. The van der Waals surface area contributed by atoms with Crippen molar-refractivity contribution in [2.45, 2.75) is 44.8 Å². The van der Waals surface area contributed by atoms with Gasteiger partial charge in [-0.2, -0.15) is 13.2 Å². The molecular formula is C10H17F3N2O. The Morgan fingerprint density at radius 2 is 2.06 bits per heavy atom. The summed E-state index contributed by atoms with van der Waals surface area (Å²) in [5, 5.41) is 4.38. The molecule has 2 amide bonds. The van der Waals surface area contributed by atoms with Gasteiger partial charge in [0.1, 0.15) is 6.54 Å². The van der Waals surface area contributed by atoms with Gasteiger partial charge >= 0.3 is 12.2 Å². The molecule has 1 aliphatic rings. The average Bonchev–Trinajstić information content (AvgIpc) is 2.14. The van der Waals surface area contributed by atoms with Crippen molar-refractivity contribution in [2.75, 3.05) is 6.54 Å². The first-order valence-electron chi connectivity index (χ1n) is 5.48. The maximum Gasteiger partial charge on any atom is 0.405 e. The maximum absolute atomic E-state index is 11.8. The molecular weight excluding hydrogens is 221 g/mol. The Bertz CT molecular complexity index is 243. The van der Waals surface area contributed by atoms with Crippen molar-refractivity contribution in [3.8, 4) is 0 Å². The molecule has 0 bridgehead atoms. The third-order valence-corrected chi connectivity index (χ3v) is 2.72. The number of rotatable bonds is 2. The molecule has 1 rings (SSSR count). The second-order valence-electron chi connectivity index (χ2n) is 4.41. The van der Waals surface area contributed by atoms with Gasteiger partial charge in [0.05, 0.1) is 0 Å². The normalized spacial score (nSPS) is 26.2. The van der Waals surface area contributed by atoms with E-state index in [0.29, 0.717) is 5.92 Å². The minimum Gasteiger partial charge on any atom is -0.335 e. The third-order valence-electron chi connectivity index (χ3n) is 2.72. The van der Waals surface area contributed by atoms with Crippen molar-refractivity contribution >= 4 is 6.03 Å². The summed E-state index contributed by atoms with van der Waals surface area (Å²) < 4.78 is 35.4. The van der Waals surface area contributed by atoms with E-state index in [2.05, 4.69) is 12.2 Å². The van der Waals surface area contributed by atoms with Crippen molar-refractivity contribution in [1.29, 1.82) is 0 Å². The first kappa shape index (κ1) is 13.1. The molecule has 16 heavy (non-hydrogen) atoms. The second-order valence-corrected chi connectivity index (χ2v) is 4.41. The highest BCUT2D eigenvalue weighted by Crippen LogP contribution is 2.23. The summed E-state index contributed by atoms with van der Waals surface area (Å²) >= 11 is 0. The SMILES string of the molecule is CC1CCCC(NC(=O)NCC(F)(F)F)C1. The molecule has 3 nitrogen and oxygen atoms in total. The number of halogens is 3. The van der Waals surface area contributed by atoms with E-state index in [0.717, 1.165) is 25.7 Å². The molecule has 0 aliphatic heterocycles. The minimum absolute atomic E-state index is 0.0111. The van der Waals surface area contributed by atoms with Gasteiger partial charge in [-0.05, 0) is 18.8 Å². The number of carbonyl (C=O) groups is 1. The van der Waals surface area contributed by atoms with Crippen LogP contribution in [0.2, 0.25) is 0 Å². The van der Waals surface area contributed by atoms with Gasteiger partial charge in [-0.15, -0.1) is 0 Å². The third kappa shape index (κ3) is 5.23. The van der Waals surface area contributed by atoms with E-state index in [9.17, 15) is 18.0 Å². The lowest BCUT2D eigenvalue weighted by molar-refractivity contribution is -0.122. The van der Waals surface area contributed by atoms with E-state index < -0.39 is 18.8 Å². The van der Waals surface area contributed by atoms with Gasteiger partial charge in [0.2, 0.25) is 0 Å². The van der Waals surface area contributed by atoms with Crippen LogP contribution < -0.4 is 10.6 Å². The summed E-state index contributed by atoms with van der Waals surface area (Å²) in [6.45, 7) is 0.808. The van der Waals surface area contributed by atoms with Crippen LogP contribution in [0.1, 0.15) is 32.6 Å². The van der Waals surface area contributed by atoms with E-state index in [-0.39, 0.29) is 6.04 Å². The van der Waals surface area contributed by atoms with Crippen LogP contribution in [0.5, 0.6) is 0 Å². The summed E-state index contributed by atoms with van der Waals surface area (Å²) in [5.74, 6) is 0.529. The fourth-order valence-corrected chi connectivity index (χ4v) is 1.98. The standard InChI is InChI=1S/C10H17F3N2O/c1-7-3-2-4-8(5-7)15-9(16)14-6-10(11,12)13/h7-8H,2-6H2,1H3,(H2,14,15,16). The van der Waals surface area contributed by atoms with Gasteiger partial charge in [-0.25, -0.2) is 4.79 Å². The Labute approximate surface area is 92.8 Å². The quantitative estimate of drug-likeness (QED) is 0.762. The number of hydrogen-bond donors (Lipinski definition) is 2.